The fraction of sp³-hybridized carbons (Fsp3) is 0.750. The number of aliphatic imine (C=N–C) groups is 1. The first-order valence-electron chi connectivity index (χ1n) is 10.4. The fourth-order valence-electron chi connectivity index (χ4n) is 3.56. The van der Waals surface area contributed by atoms with Crippen LogP contribution in [-0.2, 0) is 9.47 Å². The first-order valence-corrected chi connectivity index (χ1v) is 11.3. The van der Waals surface area contributed by atoms with E-state index in [9.17, 15) is 0 Å². The molecule has 0 spiro atoms. The summed E-state index contributed by atoms with van der Waals surface area (Å²) in [5.74, 6) is 0.936. The van der Waals surface area contributed by atoms with Gasteiger partial charge >= 0.3 is 0 Å². The standard InChI is InChI=1S/C20H34N4O2S.HI/c1-2-21-20(22-10-5-13-25-16-18-6-3-14-26-18)23-17-8-11-24(12-9-17)19-7-4-15-27-19;/h4,7,15,17-18H,2-3,5-6,8-14,16H2,1H3,(H2,21,22,23);1H. The van der Waals surface area contributed by atoms with Gasteiger partial charge in [0.2, 0.25) is 0 Å². The Kier molecular flexibility index (Phi) is 11.5. The van der Waals surface area contributed by atoms with Crippen LogP contribution in [0.25, 0.3) is 0 Å². The first-order chi connectivity index (χ1) is 13.3. The second-order valence-corrected chi connectivity index (χ2v) is 8.11. The Bertz CT molecular complexity index is 544. The van der Waals surface area contributed by atoms with Crippen LogP contribution in [0.4, 0.5) is 5.00 Å². The molecular formula is C20H35IN4O2S. The molecule has 2 N–H and O–H groups in total. The maximum Gasteiger partial charge on any atom is 0.191 e. The molecule has 0 aromatic carbocycles. The van der Waals surface area contributed by atoms with Crippen molar-refractivity contribution in [2.24, 2.45) is 4.99 Å². The van der Waals surface area contributed by atoms with E-state index < -0.39 is 0 Å². The van der Waals surface area contributed by atoms with E-state index in [-0.39, 0.29) is 24.0 Å². The molecule has 0 radical (unpaired) electrons. The molecule has 1 atom stereocenters. The summed E-state index contributed by atoms with van der Waals surface area (Å²) in [4.78, 5) is 7.20. The van der Waals surface area contributed by atoms with Crippen LogP contribution in [0.15, 0.2) is 22.5 Å². The fourth-order valence-corrected chi connectivity index (χ4v) is 4.34. The lowest BCUT2D eigenvalue weighted by Crippen LogP contribution is -2.48. The second-order valence-electron chi connectivity index (χ2n) is 7.18. The Morgan fingerprint density at radius 2 is 2.21 bits per heavy atom. The molecule has 1 unspecified atom stereocenters. The summed E-state index contributed by atoms with van der Waals surface area (Å²) in [6.45, 7) is 8.37. The van der Waals surface area contributed by atoms with Crippen LogP contribution < -0.4 is 15.5 Å². The van der Waals surface area contributed by atoms with Crippen molar-refractivity contribution in [3.05, 3.63) is 17.5 Å². The van der Waals surface area contributed by atoms with E-state index in [1.165, 1.54) is 11.4 Å². The lowest BCUT2D eigenvalue weighted by Gasteiger charge is -2.33. The predicted octanol–water partition coefficient (Wildman–Crippen LogP) is 3.48. The zero-order valence-electron chi connectivity index (χ0n) is 16.9. The molecule has 3 heterocycles. The van der Waals surface area contributed by atoms with Gasteiger partial charge in [-0.1, -0.05) is 0 Å². The lowest BCUT2D eigenvalue weighted by molar-refractivity contribution is 0.0171. The molecule has 1 aromatic heterocycles. The summed E-state index contributed by atoms with van der Waals surface area (Å²) in [5.41, 5.74) is 0. The average Bonchev–Trinajstić information content (AvgIpc) is 3.39. The van der Waals surface area contributed by atoms with Crippen LogP contribution in [0.2, 0.25) is 0 Å². The van der Waals surface area contributed by atoms with E-state index in [1.807, 2.05) is 11.3 Å². The van der Waals surface area contributed by atoms with Crippen molar-refractivity contribution >= 4 is 46.3 Å². The average molecular weight is 522 g/mol. The molecule has 6 nitrogen and oxygen atoms in total. The number of nitrogens with zero attached hydrogens (tertiary/aromatic N) is 2. The molecule has 28 heavy (non-hydrogen) atoms. The van der Waals surface area contributed by atoms with Gasteiger partial charge in [0.05, 0.1) is 17.7 Å². The first kappa shape index (κ1) is 23.7. The van der Waals surface area contributed by atoms with E-state index in [4.69, 9.17) is 14.5 Å². The van der Waals surface area contributed by atoms with Crippen LogP contribution in [0, 0.1) is 0 Å². The summed E-state index contributed by atoms with van der Waals surface area (Å²) in [5, 5.41) is 10.5. The highest BCUT2D eigenvalue weighted by atomic mass is 127. The van der Waals surface area contributed by atoms with Gasteiger partial charge in [0.15, 0.2) is 5.96 Å². The van der Waals surface area contributed by atoms with Crippen LogP contribution >= 0.6 is 35.3 Å². The summed E-state index contributed by atoms with van der Waals surface area (Å²) in [6, 6.07) is 4.84. The predicted molar refractivity (Wildman–Crippen MR) is 128 cm³/mol. The topological polar surface area (TPSA) is 58.1 Å². The van der Waals surface area contributed by atoms with Crippen molar-refractivity contribution in [1.82, 2.24) is 10.6 Å². The third-order valence-electron chi connectivity index (χ3n) is 5.04. The number of ether oxygens (including phenoxy) is 2. The Hall–Kier alpha value is -0.580. The van der Waals surface area contributed by atoms with Crippen molar-refractivity contribution in [3.8, 4) is 0 Å². The number of thiophene rings is 1. The molecule has 2 aliphatic heterocycles. The molecule has 3 rings (SSSR count). The van der Waals surface area contributed by atoms with Gasteiger partial charge in [-0.3, -0.25) is 4.99 Å². The third kappa shape index (κ3) is 8.04. The summed E-state index contributed by atoms with van der Waals surface area (Å²) in [6.07, 6.45) is 5.85. The van der Waals surface area contributed by atoms with E-state index in [0.717, 1.165) is 77.6 Å². The van der Waals surface area contributed by atoms with Gasteiger partial charge in [0, 0.05) is 45.4 Å². The Morgan fingerprint density at radius 1 is 1.36 bits per heavy atom. The number of hydrogen-bond acceptors (Lipinski definition) is 5. The normalized spacial score (nSPS) is 20.8. The van der Waals surface area contributed by atoms with Gasteiger partial charge in [-0.25, -0.2) is 0 Å². The molecule has 0 aliphatic carbocycles. The number of hydrogen-bond donors (Lipinski definition) is 2. The molecule has 1 aromatic rings. The van der Waals surface area contributed by atoms with Crippen LogP contribution in [0.1, 0.15) is 39.0 Å². The molecule has 0 bridgehead atoms. The second kappa shape index (κ2) is 13.6. The molecular weight excluding hydrogens is 487 g/mol. The number of guanidine groups is 1. The Balaban J connectivity index is 0.00000280. The van der Waals surface area contributed by atoms with E-state index in [2.05, 4.69) is 40.0 Å². The smallest absolute Gasteiger partial charge is 0.191 e. The minimum Gasteiger partial charge on any atom is -0.379 e. The third-order valence-corrected chi connectivity index (χ3v) is 5.97. The SMILES string of the molecule is CCNC(=NCCCOCC1CCCO1)NC1CCN(c2cccs2)CC1.I. The lowest BCUT2D eigenvalue weighted by atomic mass is 10.1. The van der Waals surface area contributed by atoms with Crippen LogP contribution in [0.3, 0.4) is 0 Å². The highest BCUT2D eigenvalue weighted by molar-refractivity contribution is 14.0. The molecule has 2 saturated heterocycles. The molecule has 0 amide bonds. The van der Waals surface area contributed by atoms with Crippen molar-refractivity contribution in [1.29, 1.82) is 0 Å². The van der Waals surface area contributed by atoms with Crippen LogP contribution in [0.5, 0.6) is 0 Å². The quantitative estimate of drug-likeness (QED) is 0.225. The van der Waals surface area contributed by atoms with Gasteiger partial charge in [-0.15, -0.1) is 35.3 Å². The number of anilines is 1. The molecule has 8 heteroatoms. The number of piperidine rings is 1. The van der Waals surface area contributed by atoms with Gasteiger partial charge < -0.3 is 25.0 Å². The minimum atomic E-state index is 0. The maximum atomic E-state index is 5.72. The van der Waals surface area contributed by atoms with Crippen LogP contribution in [-0.4, -0.2) is 64.1 Å². The van der Waals surface area contributed by atoms with Crippen molar-refractivity contribution in [2.45, 2.75) is 51.2 Å². The monoisotopic (exact) mass is 522 g/mol. The number of halogens is 1. The van der Waals surface area contributed by atoms with E-state index in [1.54, 1.807) is 0 Å². The van der Waals surface area contributed by atoms with Gasteiger partial charge in [-0.2, -0.15) is 0 Å². The van der Waals surface area contributed by atoms with Gasteiger partial charge in [0.1, 0.15) is 0 Å². The molecule has 0 saturated carbocycles. The maximum absolute atomic E-state index is 5.72. The zero-order chi connectivity index (χ0) is 18.7. The summed E-state index contributed by atoms with van der Waals surface area (Å²) in [7, 11) is 0. The minimum absolute atomic E-state index is 0. The van der Waals surface area contributed by atoms with Crippen molar-refractivity contribution in [3.63, 3.8) is 0 Å². The largest absolute Gasteiger partial charge is 0.379 e. The van der Waals surface area contributed by atoms with Gasteiger partial charge in [-0.05, 0) is 56.5 Å². The zero-order valence-corrected chi connectivity index (χ0v) is 20.0. The highest BCUT2D eigenvalue weighted by Crippen LogP contribution is 2.24. The highest BCUT2D eigenvalue weighted by Gasteiger charge is 2.20. The Morgan fingerprint density at radius 3 is 2.89 bits per heavy atom. The van der Waals surface area contributed by atoms with Crippen molar-refractivity contribution in [2.75, 3.05) is 50.9 Å². The van der Waals surface area contributed by atoms with E-state index in [0.29, 0.717) is 12.1 Å². The summed E-state index contributed by atoms with van der Waals surface area (Å²) >= 11 is 1.83. The van der Waals surface area contributed by atoms with Gasteiger partial charge in [0.25, 0.3) is 0 Å². The molecule has 2 aliphatic rings. The number of nitrogens with one attached hydrogen (secondary N) is 2. The molecule has 2 fully saturated rings. The van der Waals surface area contributed by atoms with E-state index >= 15 is 0 Å². The summed E-state index contributed by atoms with van der Waals surface area (Å²) < 4.78 is 11.3. The Labute approximate surface area is 190 Å². The van der Waals surface area contributed by atoms with Crippen molar-refractivity contribution < 1.29 is 9.47 Å². The number of rotatable bonds is 9. The molecule has 160 valence electrons.